The first-order valence-electron chi connectivity index (χ1n) is 23.4. The lowest BCUT2D eigenvalue weighted by Gasteiger charge is -2.70. The Morgan fingerprint density at radius 2 is 1.40 bits per heavy atom. The van der Waals surface area contributed by atoms with E-state index in [1.807, 2.05) is 6.92 Å². The van der Waals surface area contributed by atoms with Crippen LogP contribution in [0.25, 0.3) is 0 Å². The molecule has 360 valence electrons. The van der Waals surface area contributed by atoms with Crippen molar-refractivity contribution in [3.05, 3.63) is 11.6 Å². The van der Waals surface area contributed by atoms with Crippen molar-refractivity contribution in [1.29, 1.82) is 0 Å². The lowest BCUT2D eigenvalue weighted by atomic mass is 9.35. The van der Waals surface area contributed by atoms with Gasteiger partial charge in [0, 0.05) is 24.2 Å². The van der Waals surface area contributed by atoms with Crippen molar-refractivity contribution in [2.45, 2.75) is 203 Å². The van der Waals surface area contributed by atoms with Gasteiger partial charge in [-0.25, -0.2) is 0 Å². The molecule has 9 fully saturated rings. The molecule has 24 atom stereocenters. The van der Waals surface area contributed by atoms with Crippen LogP contribution in [0, 0.1) is 45.3 Å². The SMILES string of the molecule is CC(C)=C[C@H]1C[C@](C)(O)[C@@H]2[C@H]3CC[C@@H]4[C@@]5(C)CC[C@H](O[C@@H]6OC[C@H](O)[C@H](O[C@@H]7O[C@H](CO)[C@@H](O)[C@H](O)[C@H]7O)[C@H]6O[C@@H]6OC[C@@H](O)[C@H](O)[C@H]6O)C(C)(C)[C@@H]5CC[C@@]4(C)[C@@]34CO[C@@]2(C4)O1. The Morgan fingerprint density at radius 1 is 0.714 bits per heavy atom. The van der Waals surface area contributed by atoms with Gasteiger partial charge in [-0.2, -0.15) is 0 Å². The van der Waals surface area contributed by atoms with Crippen molar-refractivity contribution in [1.82, 2.24) is 0 Å². The minimum absolute atomic E-state index is 0.0628. The summed E-state index contributed by atoms with van der Waals surface area (Å²) in [5.41, 5.74) is -0.454. The van der Waals surface area contributed by atoms with Crippen molar-refractivity contribution in [3.63, 3.8) is 0 Å². The van der Waals surface area contributed by atoms with E-state index in [1.165, 1.54) is 0 Å². The molecular weight excluding hydrogens is 824 g/mol. The number of rotatable bonds is 8. The van der Waals surface area contributed by atoms with E-state index in [2.05, 4.69) is 47.6 Å². The third-order valence-electron chi connectivity index (χ3n) is 18.4. The van der Waals surface area contributed by atoms with Gasteiger partial charge in [0.05, 0.1) is 44.2 Å². The summed E-state index contributed by atoms with van der Waals surface area (Å²) in [6.07, 6.45) is -11.4. The van der Waals surface area contributed by atoms with E-state index in [0.29, 0.717) is 25.4 Å². The van der Waals surface area contributed by atoms with E-state index in [-0.39, 0.29) is 59.4 Å². The molecule has 17 heteroatoms. The molecule has 5 saturated heterocycles. The average Bonchev–Trinajstić information content (AvgIpc) is 3.73. The van der Waals surface area contributed by atoms with Gasteiger partial charge in [0.1, 0.15) is 61.0 Å². The number of allylic oxidation sites excluding steroid dienone is 1. The molecule has 0 aromatic heterocycles. The predicted molar refractivity (Wildman–Crippen MR) is 219 cm³/mol. The zero-order valence-electron chi connectivity index (χ0n) is 37.8. The molecule has 4 saturated carbocycles. The second-order valence-corrected chi connectivity index (χ2v) is 22.5. The first-order chi connectivity index (χ1) is 29.5. The number of hydrogen-bond acceptors (Lipinski definition) is 17. The lowest BCUT2D eigenvalue weighted by molar-refractivity contribution is -0.384. The molecule has 0 radical (unpaired) electrons. The van der Waals surface area contributed by atoms with Crippen LogP contribution in [0.5, 0.6) is 0 Å². The maximum absolute atomic E-state index is 12.2. The Balaban J connectivity index is 0.969. The molecule has 4 aliphatic carbocycles. The highest BCUT2D eigenvalue weighted by Gasteiger charge is 2.81. The Labute approximate surface area is 369 Å². The monoisotopic (exact) mass is 898 g/mol. The number of aliphatic hydroxyl groups excluding tert-OH is 8. The van der Waals surface area contributed by atoms with Crippen LogP contribution < -0.4 is 0 Å². The van der Waals surface area contributed by atoms with Crippen LogP contribution in [0.1, 0.15) is 99.8 Å². The van der Waals surface area contributed by atoms with Gasteiger partial charge >= 0.3 is 0 Å². The molecule has 5 heterocycles. The van der Waals surface area contributed by atoms with Gasteiger partial charge < -0.3 is 83.9 Å². The van der Waals surface area contributed by atoms with Gasteiger partial charge in [-0.1, -0.05) is 39.3 Å². The molecule has 2 bridgehead atoms. The standard InChI is InChI=1S/C46H74O17/c1-21(2)14-22-15-44(7,55)37-23-8-9-28-42(5)12-11-29(41(3,4)27(42)10-13-43(28,6)45(23)19-46(37,63-22)58-20-45)60-40-36(62-38-33(53)30(50)24(48)17-56-38)35(25(49)18-57-40)61-39-34(54)32(52)31(51)26(16-47)59-39/h14,22-40,47-55H,8-13,15-20H2,1-7H3/t22-,23+,24+,25-,26+,27-,28+,29-,30-,31+,32-,33+,34+,35-,36+,37-,38-,39-,40-,42-,43+,44-,45-,46-/m0/s1. The Hall–Kier alpha value is -0.940. The third kappa shape index (κ3) is 7.19. The molecule has 63 heavy (non-hydrogen) atoms. The zero-order chi connectivity index (χ0) is 45.4. The topological polar surface area (TPSA) is 256 Å². The highest BCUT2D eigenvalue weighted by molar-refractivity contribution is 5.26. The van der Waals surface area contributed by atoms with Crippen molar-refractivity contribution in [3.8, 4) is 0 Å². The number of fused-ring (bicyclic) bond motifs is 4. The molecule has 9 aliphatic rings. The molecule has 9 rings (SSSR count). The molecular formula is C46H74O17. The number of ether oxygens (including phenoxy) is 8. The van der Waals surface area contributed by atoms with Gasteiger partial charge in [0.25, 0.3) is 0 Å². The maximum atomic E-state index is 12.2. The highest BCUT2D eigenvalue weighted by Crippen LogP contribution is 2.80. The van der Waals surface area contributed by atoms with Gasteiger partial charge in [-0.15, -0.1) is 0 Å². The van der Waals surface area contributed by atoms with Crippen LogP contribution in [-0.4, -0.2) is 176 Å². The van der Waals surface area contributed by atoms with Crippen LogP contribution in [0.2, 0.25) is 0 Å². The summed E-state index contributed by atoms with van der Waals surface area (Å²) in [7, 11) is 0. The van der Waals surface area contributed by atoms with Crippen LogP contribution in [0.3, 0.4) is 0 Å². The van der Waals surface area contributed by atoms with Crippen molar-refractivity contribution in [2.24, 2.45) is 45.3 Å². The summed E-state index contributed by atoms with van der Waals surface area (Å²) in [6.45, 7) is 14.8. The molecule has 0 aromatic rings. The zero-order valence-corrected chi connectivity index (χ0v) is 37.8. The minimum Gasteiger partial charge on any atom is -0.394 e. The van der Waals surface area contributed by atoms with Crippen molar-refractivity contribution >= 4 is 0 Å². The number of aliphatic hydroxyl groups is 9. The van der Waals surface area contributed by atoms with Gasteiger partial charge in [-0.05, 0) is 93.3 Å². The summed E-state index contributed by atoms with van der Waals surface area (Å²) in [5.74, 6) is -0.0244. The lowest BCUT2D eigenvalue weighted by Crippen LogP contribution is -2.68. The van der Waals surface area contributed by atoms with E-state index in [0.717, 1.165) is 44.1 Å². The minimum atomic E-state index is -1.79. The molecule has 0 unspecified atom stereocenters. The fourth-order valence-electron chi connectivity index (χ4n) is 15.5. The van der Waals surface area contributed by atoms with Crippen molar-refractivity contribution in [2.75, 3.05) is 26.4 Å². The Kier molecular flexibility index (Phi) is 12.2. The van der Waals surface area contributed by atoms with Crippen LogP contribution in [0.15, 0.2) is 11.6 Å². The molecule has 0 amide bonds. The summed E-state index contributed by atoms with van der Waals surface area (Å²) >= 11 is 0. The van der Waals surface area contributed by atoms with Crippen LogP contribution >= 0.6 is 0 Å². The number of hydrogen-bond donors (Lipinski definition) is 9. The van der Waals surface area contributed by atoms with Crippen LogP contribution in [-0.2, 0) is 37.9 Å². The summed E-state index contributed by atoms with van der Waals surface area (Å²) in [6, 6.07) is 0. The quantitative estimate of drug-likeness (QED) is 0.120. The Morgan fingerprint density at radius 3 is 2.11 bits per heavy atom. The van der Waals surface area contributed by atoms with E-state index in [4.69, 9.17) is 37.9 Å². The smallest absolute Gasteiger partial charge is 0.187 e. The molecule has 0 aromatic carbocycles. The second kappa shape index (κ2) is 16.4. The molecule has 9 N–H and O–H groups in total. The van der Waals surface area contributed by atoms with E-state index < -0.39 is 103 Å². The predicted octanol–water partition coefficient (Wildman–Crippen LogP) is 0.606. The molecule has 17 nitrogen and oxygen atoms in total. The fourth-order valence-corrected chi connectivity index (χ4v) is 15.5. The summed E-state index contributed by atoms with van der Waals surface area (Å²) in [5, 5.41) is 97.0. The van der Waals surface area contributed by atoms with E-state index in [9.17, 15) is 46.0 Å². The molecule has 5 aliphatic heterocycles. The maximum Gasteiger partial charge on any atom is 0.187 e. The third-order valence-corrected chi connectivity index (χ3v) is 18.4. The van der Waals surface area contributed by atoms with Crippen molar-refractivity contribution < 1.29 is 83.9 Å². The van der Waals surface area contributed by atoms with E-state index >= 15 is 0 Å². The largest absolute Gasteiger partial charge is 0.394 e. The first kappa shape index (κ1) is 47.1. The van der Waals surface area contributed by atoms with Gasteiger partial charge in [-0.3, -0.25) is 0 Å². The second-order valence-electron chi connectivity index (χ2n) is 22.5. The molecule has 2 spiro atoms. The van der Waals surface area contributed by atoms with E-state index in [1.54, 1.807) is 0 Å². The Bertz CT molecular complexity index is 1710. The highest BCUT2D eigenvalue weighted by atomic mass is 16.8. The van der Waals surface area contributed by atoms with Crippen LogP contribution in [0.4, 0.5) is 0 Å². The van der Waals surface area contributed by atoms with Gasteiger partial charge in [0.2, 0.25) is 0 Å². The summed E-state index contributed by atoms with van der Waals surface area (Å²) < 4.78 is 50.6. The fraction of sp³-hybridized carbons (Fsp3) is 0.957. The average molecular weight is 899 g/mol. The first-order valence-corrected chi connectivity index (χ1v) is 23.4. The normalized spacial score (nSPS) is 57.4. The summed E-state index contributed by atoms with van der Waals surface area (Å²) in [4.78, 5) is 0. The van der Waals surface area contributed by atoms with Gasteiger partial charge in [0.15, 0.2) is 24.7 Å².